The van der Waals surface area contributed by atoms with Crippen molar-refractivity contribution >= 4 is 23.5 Å². The number of nitrogens with zero attached hydrogens (tertiary/aromatic N) is 1. The van der Waals surface area contributed by atoms with E-state index in [2.05, 4.69) is 0 Å². The van der Waals surface area contributed by atoms with Gasteiger partial charge in [0.05, 0.1) is 12.5 Å². The van der Waals surface area contributed by atoms with Crippen LogP contribution in [0.3, 0.4) is 0 Å². The molecule has 0 N–H and O–H groups in total. The number of thiophene rings is 1. The number of carbonyl (C=O) groups excluding carboxylic acids is 2. The Morgan fingerprint density at radius 1 is 1.67 bits per heavy atom. The van der Waals surface area contributed by atoms with Crippen molar-refractivity contribution < 1.29 is 9.59 Å². The zero-order valence-corrected chi connectivity index (χ0v) is 9.20. The molecule has 2 heterocycles. The summed E-state index contributed by atoms with van der Waals surface area (Å²) in [5.74, 6) is 0.0722. The number of hydrogen-bond donors (Lipinski definition) is 0. The van der Waals surface area contributed by atoms with Gasteiger partial charge in [0.1, 0.15) is 6.29 Å². The molecule has 15 heavy (non-hydrogen) atoms. The maximum atomic E-state index is 11.9. The third kappa shape index (κ3) is 2.26. The molecule has 4 heteroatoms. The first-order valence-electron chi connectivity index (χ1n) is 5.07. The highest BCUT2D eigenvalue weighted by Crippen LogP contribution is 2.17. The standard InChI is InChI=1S/C11H13NO2S/c13-7-10-2-1-4-12(10)11(14)6-9-3-5-15-8-9/h3,5,7-8,10H,1-2,4,6H2. The van der Waals surface area contributed by atoms with Crippen LogP contribution in [-0.2, 0) is 16.0 Å². The molecule has 0 aliphatic carbocycles. The van der Waals surface area contributed by atoms with Crippen molar-refractivity contribution in [3.8, 4) is 0 Å². The first kappa shape index (κ1) is 10.4. The Morgan fingerprint density at radius 2 is 2.53 bits per heavy atom. The van der Waals surface area contributed by atoms with Gasteiger partial charge in [-0.3, -0.25) is 4.79 Å². The van der Waals surface area contributed by atoms with E-state index in [-0.39, 0.29) is 11.9 Å². The summed E-state index contributed by atoms with van der Waals surface area (Å²) in [4.78, 5) is 24.3. The number of likely N-dealkylation sites (tertiary alicyclic amines) is 1. The van der Waals surface area contributed by atoms with E-state index in [1.165, 1.54) is 0 Å². The first-order chi connectivity index (χ1) is 7.31. The molecule has 1 unspecified atom stereocenters. The highest BCUT2D eigenvalue weighted by molar-refractivity contribution is 7.07. The maximum Gasteiger partial charge on any atom is 0.227 e. The molecule has 1 aromatic heterocycles. The van der Waals surface area contributed by atoms with Gasteiger partial charge < -0.3 is 9.69 Å². The minimum Gasteiger partial charge on any atom is -0.333 e. The highest BCUT2D eigenvalue weighted by atomic mass is 32.1. The Labute approximate surface area is 92.7 Å². The summed E-state index contributed by atoms with van der Waals surface area (Å²) in [5, 5.41) is 3.94. The second-order valence-corrected chi connectivity index (χ2v) is 4.52. The summed E-state index contributed by atoms with van der Waals surface area (Å²) in [5.41, 5.74) is 1.04. The summed E-state index contributed by atoms with van der Waals surface area (Å²) >= 11 is 1.59. The molecule has 1 aliphatic heterocycles. The van der Waals surface area contributed by atoms with E-state index in [0.717, 1.165) is 31.2 Å². The van der Waals surface area contributed by atoms with Crippen LogP contribution in [0.4, 0.5) is 0 Å². The molecular weight excluding hydrogens is 210 g/mol. The SMILES string of the molecule is O=CC1CCCN1C(=O)Cc1ccsc1. The van der Waals surface area contributed by atoms with Gasteiger partial charge in [0.2, 0.25) is 5.91 Å². The van der Waals surface area contributed by atoms with Crippen molar-refractivity contribution in [1.82, 2.24) is 4.90 Å². The Bertz CT molecular complexity index is 347. The number of aldehydes is 1. The normalized spacial score (nSPS) is 20.5. The lowest BCUT2D eigenvalue weighted by atomic mass is 10.2. The summed E-state index contributed by atoms with van der Waals surface area (Å²) in [6.07, 6.45) is 3.07. The fourth-order valence-corrected chi connectivity index (χ4v) is 2.58. The van der Waals surface area contributed by atoms with Gasteiger partial charge in [0.25, 0.3) is 0 Å². The largest absolute Gasteiger partial charge is 0.333 e. The quantitative estimate of drug-likeness (QED) is 0.728. The van der Waals surface area contributed by atoms with E-state index in [0.29, 0.717) is 6.42 Å². The fourth-order valence-electron chi connectivity index (χ4n) is 1.91. The summed E-state index contributed by atoms with van der Waals surface area (Å²) < 4.78 is 0. The molecule has 1 aliphatic rings. The molecule has 80 valence electrons. The minimum absolute atomic E-state index is 0.0722. The maximum absolute atomic E-state index is 11.9. The van der Waals surface area contributed by atoms with Crippen LogP contribution in [0.15, 0.2) is 16.8 Å². The molecule has 3 nitrogen and oxygen atoms in total. The number of carbonyl (C=O) groups is 2. The molecule has 1 fully saturated rings. The Balaban J connectivity index is 1.98. The molecule has 1 amide bonds. The van der Waals surface area contributed by atoms with E-state index < -0.39 is 0 Å². The zero-order chi connectivity index (χ0) is 10.7. The van der Waals surface area contributed by atoms with Gasteiger partial charge in [-0.15, -0.1) is 0 Å². The Morgan fingerprint density at radius 3 is 3.20 bits per heavy atom. The molecule has 0 spiro atoms. The summed E-state index contributed by atoms with van der Waals surface area (Å²) in [6, 6.07) is 1.77. The van der Waals surface area contributed by atoms with Crippen LogP contribution in [-0.4, -0.2) is 29.7 Å². The smallest absolute Gasteiger partial charge is 0.227 e. The van der Waals surface area contributed by atoms with E-state index >= 15 is 0 Å². The number of hydrogen-bond acceptors (Lipinski definition) is 3. The first-order valence-corrected chi connectivity index (χ1v) is 6.01. The van der Waals surface area contributed by atoms with Crippen molar-refractivity contribution in [2.24, 2.45) is 0 Å². The van der Waals surface area contributed by atoms with E-state index in [9.17, 15) is 9.59 Å². The molecule has 1 aromatic rings. The van der Waals surface area contributed by atoms with Gasteiger partial charge >= 0.3 is 0 Å². The molecule has 0 saturated carbocycles. The molecule has 2 rings (SSSR count). The summed E-state index contributed by atoms with van der Waals surface area (Å²) in [6.45, 7) is 0.729. The topological polar surface area (TPSA) is 37.4 Å². The fraction of sp³-hybridized carbons (Fsp3) is 0.455. The van der Waals surface area contributed by atoms with Crippen LogP contribution in [0, 0.1) is 0 Å². The molecule has 0 radical (unpaired) electrons. The predicted octanol–water partition coefficient (Wildman–Crippen LogP) is 1.48. The minimum atomic E-state index is -0.184. The van der Waals surface area contributed by atoms with Crippen LogP contribution >= 0.6 is 11.3 Å². The van der Waals surface area contributed by atoms with Crippen LogP contribution in [0.5, 0.6) is 0 Å². The van der Waals surface area contributed by atoms with Gasteiger partial charge in [-0.2, -0.15) is 11.3 Å². The van der Waals surface area contributed by atoms with Crippen molar-refractivity contribution in [1.29, 1.82) is 0 Å². The third-order valence-electron chi connectivity index (χ3n) is 2.71. The van der Waals surface area contributed by atoms with Gasteiger partial charge in [0.15, 0.2) is 0 Å². The van der Waals surface area contributed by atoms with E-state index in [4.69, 9.17) is 0 Å². The lowest BCUT2D eigenvalue weighted by molar-refractivity contribution is -0.133. The van der Waals surface area contributed by atoms with Crippen LogP contribution < -0.4 is 0 Å². The van der Waals surface area contributed by atoms with E-state index in [1.54, 1.807) is 16.2 Å². The van der Waals surface area contributed by atoms with Crippen LogP contribution in [0.1, 0.15) is 18.4 Å². The van der Waals surface area contributed by atoms with Crippen molar-refractivity contribution in [3.63, 3.8) is 0 Å². The average molecular weight is 223 g/mol. The Hall–Kier alpha value is -1.16. The molecule has 0 aromatic carbocycles. The lowest BCUT2D eigenvalue weighted by Gasteiger charge is -2.19. The zero-order valence-electron chi connectivity index (χ0n) is 8.39. The molecular formula is C11H13NO2S. The second kappa shape index (κ2) is 4.57. The van der Waals surface area contributed by atoms with Crippen LogP contribution in [0.2, 0.25) is 0 Å². The van der Waals surface area contributed by atoms with Crippen LogP contribution in [0.25, 0.3) is 0 Å². The second-order valence-electron chi connectivity index (χ2n) is 3.74. The number of rotatable bonds is 3. The monoisotopic (exact) mass is 223 g/mol. The molecule has 1 atom stereocenters. The molecule has 1 saturated heterocycles. The Kier molecular flexibility index (Phi) is 3.16. The van der Waals surface area contributed by atoms with Crippen molar-refractivity contribution in [2.45, 2.75) is 25.3 Å². The highest BCUT2D eigenvalue weighted by Gasteiger charge is 2.27. The van der Waals surface area contributed by atoms with Crippen molar-refractivity contribution in [3.05, 3.63) is 22.4 Å². The molecule has 0 bridgehead atoms. The van der Waals surface area contributed by atoms with Gasteiger partial charge in [-0.25, -0.2) is 0 Å². The predicted molar refractivity (Wildman–Crippen MR) is 58.8 cm³/mol. The van der Waals surface area contributed by atoms with Gasteiger partial charge in [0, 0.05) is 6.54 Å². The van der Waals surface area contributed by atoms with Gasteiger partial charge in [-0.05, 0) is 35.2 Å². The number of amides is 1. The van der Waals surface area contributed by atoms with Gasteiger partial charge in [-0.1, -0.05) is 0 Å². The van der Waals surface area contributed by atoms with Crippen molar-refractivity contribution in [2.75, 3.05) is 6.54 Å². The lowest BCUT2D eigenvalue weighted by Crippen LogP contribution is -2.37. The van der Waals surface area contributed by atoms with E-state index in [1.807, 2.05) is 16.8 Å². The summed E-state index contributed by atoms with van der Waals surface area (Å²) in [7, 11) is 0. The third-order valence-corrected chi connectivity index (χ3v) is 3.44. The average Bonchev–Trinajstić information content (AvgIpc) is 2.86.